The minimum atomic E-state index is 0.355. The SMILES string of the molecule is COCCNCC1(C(C)C)CCOC1. The lowest BCUT2D eigenvalue weighted by molar-refractivity contribution is 0.114. The van der Waals surface area contributed by atoms with Crippen LogP contribution in [-0.4, -0.2) is 40.0 Å². The first-order chi connectivity index (χ1) is 6.71. The second-order valence-corrected chi connectivity index (χ2v) is 4.49. The van der Waals surface area contributed by atoms with Gasteiger partial charge in [-0.2, -0.15) is 0 Å². The highest BCUT2D eigenvalue weighted by atomic mass is 16.5. The van der Waals surface area contributed by atoms with Crippen LogP contribution in [0.5, 0.6) is 0 Å². The molecule has 1 heterocycles. The van der Waals surface area contributed by atoms with Crippen molar-refractivity contribution in [3.8, 4) is 0 Å². The average molecular weight is 201 g/mol. The fourth-order valence-electron chi connectivity index (χ4n) is 1.93. The first-order valence-corrected chi connectivity index (χ1v) is 5.49. The average Bonchev–Trinajstić information content (AvgIpc) is 2.62. The van der Waals surface area contributed by atoms with Gasteiger partial charge in [0.15, 0.2) is 0 Å². The summed E-state index contributed by atoms with van der Waals surface area (Å²) in [7, 11) is 1.73. The van der Waals surface area contributed by atoms with Gasteiger partial charge in [-0.15, -0.1) is 0 Å². The van der Waals surface area contributed by atoms with Crippen molar-refractivity contribution in [1.82, 2.24) is 5.32 Å². The molecule has 1 aliphatic rings. The molecule has 1 rings (SSSR count). The van der Waals surface area contributed by atoms with Crippen LogP contribution in [-0.2, 0) is 9.47 Å². The maximum atomic E-state index is 5.51. The molecule has 0 aromatic carbocycles. The van der Waals surface area contributed by atoms with Crippen molar-refractivity contribution < 1.29 is 9.47 Å². The van der Waals surface area contributed by atoms with Crippen LogP contribution in [0.25, 0.3) is 0 Å². The van der Waals surface area contributed by atoms with Gasteiger partial charge >= 0.3 is 0 Å². The highest BCUT2D eigenvalue weighted by molar-refractivity contribution is 4.87. The van der Waals surface area contributed by atoms with Gasteiger partial charge in [0.1, 0.15) is 0 Å². The zero-order valence-electron chi connectivity index (χ0n) is 9.64. The van der Waals surface area contributed by atoms with Gasteiger partial charge in [-0.05, 0) is 12.3 Å². The second-order valence-electron chi connectivity index (χ2n) is 4.49. The summed E-state index contributed by atoms with van der Waals surface area (Å²) in [5, 5.41) is 3.45. The summed E-state index contributed by atoms with van der Waals surface area (Å²) in [4.78, 5) is 0. The molecular formula is C11H23NO2. The van der Waals surface area contributed by atoms with Gasteiger partial charge in [0.2, 0.25) is 0 Å². The van der Waals surface area contributed by atoms with Crippen molar-refractivity contribution in [2.45, 2.75) is 20.3 Å². The monoisotopic (exact) mass is 201 g/mol. The lowest BCUT2D eigenvalue weighted by Crippen LogP contribution is -2.40. The number of rotatable bonds is 6. The Kier molecular flexibility index (Phi) is 4.85. The van der Waals surface area contributed by atoms with E-state index in [9.17, 15) is 0 Å². The van der Waals surface area contributed by atoms with Crippen LogP contribution in [0.4, 0.5) is 0 Å². The first-order valence-electron chi connectivity index (χ1n) is 5.49. The lowest BCUT2D eigenvalue weighted by atomic mass is 9.76. The molecule has 0 radical (unpaired) electrons. The Morgan fingerprint density at radius 3 is 2.79 bits per heavy atom. The fourth-order valence-corrected chi connectivity index (χ4v) is 1.93. The van der Waals surface area contributed by atoms with E-state index in [1.807, 2.05) is 0 Å². The molecule has 3 nitrogen and oxygen atoms in total. The van der Waals surface area contributed by atoms with Gasteiger partial charge in [-0.1, -0.05) is 13.8 Å². The summed E-state index contributed by atoms with van der Waals surface area (Å²) in [5.41, 5.74) is 0.355. The van der Waals surface area contributed by atoms with Crippen LogP contribution in [0.1, 0.15) is 20.3 Å². The van der Waals surface area contributed by atoms with E-state index >= 15 is 0 Å². The van der Waals surface area contributed by atoms with E-state index in [4.69, 9.17) is 9.47 Å². The van der Waals surface area contributed by atoms with E-state index < -0.39 is 0 Å². The zero-order chi connectivity index (χ0) is 10.4. The number of methoxy groups -OCH3 is 1. The molecular weight excluding hydrogens is 178 g/mol. The first kappa shape index (κ1) is 12.0. The maximum Gasteiger partial charge on any atom is 0.0587 e. The van der Waals surface area contributed by atoms with Crippen molar-refractivity contribution in [2.75, 3.05) is 40.0 Å². The summed E-state index contributed by atoms with van der Waals surface area (Å²) in [5.74, 6) is 0.681. The van der Waals surface area contributed by atoms with E-state index in [2.05, 4.69) is 19.2 Å². The van der Waals surface area contributed by atoms with Gasteiger partial charge in [0.25, 0.3) is 0 Å². The van der Waals surface area contributed by atoms with Gasteiger partial charge in [0, 0.05) is 32.2 Å². The molecule has 1 unspecified atom stereocenters. The van der Waals surface area contributed by atoms with E-state index in [0.29, 0.717) is 11.3 Å². The summed E-state index contributed by atoms with van der Waals surface area (Å²) < 4.78 is 10.5. The van der Waals surface area contributed by atoms with Crippen LogP contribution in [0.15, 0.2) is 0 Å². The van der Waals surface area contributed by atoms with Crippen molar-refractivity contribution in [3.63, 3.8) is 0 Å². The predicted molar refractivity (Wildman–Crippen MR) is 57.5 cm³/mol. The van der Waals surface area contributed by atoms with Gasteiger partial charge in [-0.3, -0.25) is 0 Å². The molecule has 0 aromatic rings. The molecule has 0 spiro atoms. The van der Waals surface area contributed by atoms with Crippen molar-refractivity contribution in [1.29, 1.82) is 0 Å². The Hall–Kier alpha value is -0.120. The summed E-state index contributed by atoms with van der Waals surface area (Å²) >= 11 is 0. The van der Waals surface area contributed by atoms with Gasteiger partial charge in [0.05, 0.1) is 13.2 Å². The third kappa shape index (κ3) is 2.94. The highest BCUT2D eigenvalue weighted by Crippen LogP contribution is 2.35. The molecule has 1 atom stereocenters. The van der Waals surface area contributed by atoms with Crippen LogP contribution in [0, 0.1) is 11.3 Å². The van der Waals surface area contributed by atoms with E-state index in [1.165, 1.54) is 6.42 Å². The standard InChI is InChI=1S/C11H23NO2/c1-10(2)11(4-6-14-9-11)8-12-5-7-13-3/h10,12H,4-9H2,1-3H3. The number of hydrogen-bond acceptors (Lipinski definition) is 3. The molecule has 0 aromatic heterocycles. The minimum absolute atomic E-state index is 0.355. The smallest absolute Gasteiger partial charge is 0.0587 e. The molecule has 0 amide bonds. The molecule has 1 saturated heterocycles. The zero-order valence-corrected chi connectivity index (χ0v) is 9.64. The summed E-state index contributed by atoms with van der Waals surface area (Å²) in [6.07, 6.45) is 1.19. The molecule has 14 heavy (non-hydrogen) atoms. The fraction of sp³-hybridized carbons (Fsp3) is 1.00. The summed E-state index contributed by atoms with van der Waals surface area (Å²) in [6.45, 7) is 9.17. The van der Waals surface area contributed by atoms with E-state index in [1.54, 1.807) is 7.11 Å². The minimum Gasteiger partial charge on any atom is -0.383 e. The number of nitrogens with one attached hydrogen (secondary N) is 1. The van der Waals surface area contributed by atoms with E-state index in [-0.39, 0.29) is 0 Å². The molecule has 0 aliphatic carbocycles. The molecule has 1 N–H and O–H groups in total. The van der Waals surface area contributed by atoms with Crippen LogP contribution >= 0.6 is 0 Å². The topological polar surface area (TPSA) is 30.5 Å². The Balaban J connectivity index is 2.29. The molecule has 84 valence electrons. The third-order valence-corrected chi connectivity index (χ3v) is 3.32. The maximum absolute atomic E-state index is 5.51. The van der Waals surface area contributed by atoms with Gasteiger partial charge < -0.3 is 14.8 Å². The van der Waals surface area contributed by atoms with Gasteiger partial charge in [-0.25, -0.2) is 0 Å². The number of ether oxygens (including phenoxy) is 2. The Morgan fingerprint density at radius 2 is 2.29 bits per heavy atom. The van der Waals surface area contributed by atoms with E-state index in [0.717, 1.165) is 32.9 Å². The van der Waals surface area contributed by atoms with Crippen molar-refractivity contribution in [3.05, 3.63) is 0 Å². The third-order valence-electron chi connectivity index (χ3n) is 3.32. The van der Waals surface area contributed by atoms with Crippen LogP contribution < -0.4 is 5.32 Å². The molecule has 3 heteroatoms. The molecule has 0 saturated carbocycles. The molecule has 1 fully saturated rings. The summed E-state index contributed by atoms with van der Waals surface area (Å²) in [6, 6.07) is 0. The van der Waals surface area contributed by atoms with Crippen molar-refractivity contribution >= 4 is 0 Å². The highest BCUT2D eigenvalue weighted by Gasteiger charge is 2.37. The van der Waals surface area contributed by atoms with Crippen LogP contribution in [0.2, 0.25) is 0 Å². The second kappa shape index (κ2) is 5.69. The lowest BCUT2D eigenvalue weighted by Gasteiger charge is -2.32. The molecule has 0 bridgehead atoms. The Bertz CT molecular complexity index is 153. The quantitative estimate of drug-likeness (QED) is 0.657. The molecule has 1 aliphatic heterocycles. The van der Waals surface area contributed by atoms with Crippen molar-refractivity contribution in [2.24, 2.45) is 11.3 Å². The van der Waals surface area contributed by atoms with Crippen LogP contribution in [0.3, 0.4) is 0 Å². The predicted octanol–water partition coefficient (Wildman–Crippen LogP) is 1.29. The largest absolute Gasteiger partial charge is 0.383 e. The normalized spacial score (nSPS) is 27.4. The Labute approximate surface area is 87.2 Å². The Morgan fingerprint density at radius 1 is 1.50 bits per heavy atom. The number of hydrogen-bond donors (Lipinski definition) is 1.